The highest BCUT2D eigenvalue weighted by Crippen LogP contribution is 2.26. The first-order valence-electron chi connectivity index (χ1n) is 3.31. The molecule has 1 aromatic heterocycles. The van der Waals surface area contributed by atoms with Crippen molar-refractivity contribution in [3.63, 3.8) is 0 Å². The molecule has 0 aliphatic carbocycles. The molecule has 0 spiro atoms. The molecule has 5 heteroatoms. The first-order valence-corrected chi connectivity index (χ1v) is 4.10. The molecular weight excluding hydrogens is 227 g/mol. The molecule has 1 heterocycles. The van der Waals surface area contributed by atoms with Crippen LogP contribution in [0.2, 0.25) is 0 Å². The van der Waals surface area contributed by atoms with Crippen molar-refractivity contribution in [1.29, 1.82) is 0 Å². The maximum atomic E-state index is 13.1. The lowest BCUT2D eigenvalue weighted by atomic mass is 10.2. The summed E-state index contributed by atoms with van der Waals surface area (Å²) in [4.78, 5) is 8.14. The minimum absolute atomic E-state index is 0.382. The van der Waals surface area contributed by atoms with Crippen LogP contribution in [0.25, 0.3) is 0 Å². The van der Waals surface area contributed by atoms with E-state index in [-0.39, 0.29) is 0 Å². The van der Waals surface area contributed by atoms with Gasteiger partial charge in [-0.15, -0.1) is 0 Å². The number of pyridine rings is 1. The molecule has 0 aliphatic heterocycles. The summed E-state index contributed by atoms with van der Waals surface area (Å²) in [6.45, 7) is 1.66. The first kappa shape index (κ1) is 9.57. The summed E-state index contributed by atoms with van der Waals surface area (Å²) in [7, 11) is 0. The van der Waals surface area contributed by atoms with Crippen molar-refractivity contribution >= 4 is 15.9 Å². The van der Waals surface area contributed by atoms with Gasteiger partial charge in [-0.05, 0) is 22.9 Å². The summed E-state index contributed by atoms with van der Waals surface area (Å²) in [5.74, 6) is 4.51. The van der Waals surface area contributed by atoms with Gasteiger partial charge in [0.25, 0.3) is 0 Å². The lowest BCUT2D eigenvalue weighted by molar-refractivity contribution is 0.0632. The largest absolute Gasteiger partial charge is 0.297 e. The van der Waals surface area contributed by atoms with Crippen molar-refractivity contribution in [2.45, 2.75) is 13.0 Å². The van der Waals surface area contributed by atoms with Crippen LogP contribution in [0.5, 0.6) is 0 Å². The molecule has 0 aromatic carbocycles. The van der Waals surface area contributed by atoms with Gasteiger partial charge < -0.3 is 0 Å². The van der Waals surface area contributed by atoms with Gasteiger partial charge in [-0.25, -0.2) is 10.3 Å². The molecule has 0 amide bonds. The van der Waals surface area contributed by atoms with Gasteiger partial charge in [-0.3, -0.25) is 9.82 Å². The lowest BCUT2D eigenvalue weighted by Crippen LogP contribution is -2.08. The van der Waals surface area contributed by atoms with Crippen LogP contribution >= 0.6 is 15.9 Å². The molecule has 1 aromatic rings. The zero-order valence-corrected chi connectivity index (χ0v) is 8.01. The molecule has 1 atom stereocenters. The number of nitrogens with two attached hydrogens (primary N) is 1. The van der Waals surface area contributed by atoms with Crippen molar-refractivity contribution in [3.8, 4) is 0 Å². The van der Waals surface area contributed by atoms with E-state index in [4.69, 9.17) is 5.90 Å². The van der Waals surface area contributed by atoms with E-state index in [1.165, 1.54) is 6.20 Å². The summed E-state index contributed by atoms with van der Waals surface area (Å²) in [5.41, 5.74) is 0.382. The topological polar surface area (TPSA) is 48.1 Å². The summed E-state index contributed by atoms with van der Waals surface area (Å²) in [6, 6.07) is 0. The Kier molecular flexibility index (Phi) is 3.13. The fraction of sp³-hybridized carbons (Fsp3) is 0.286. The molecule has 12 heavy (non-hydrogen) atoms. The third kappa shape index (κ3) is 1.80. The minimum atomic E-state index is -0.484. The van der Waals surface area contributed by atoms with Crippen LogP contribution in [-0.2, 0) is 4.84 Å². The minimum Gasteiger partial charge on any atom is -0.297 e. The number of halogens is 2. The average molecular weight is 235 g/mol. The Hall–Kier alpha value is -0.520. The van der Waals surface area contributed by atoms with E-state index >= 15 is 0 Å². The molecule has 3 nitrogen and oxygen atoms in total. The highest BCUT2D eigenvalue weighted by Gasteiger charge is 2.14. The van der Waals surface area contributed by atoms with Crippen molar-refractivity contribution in [1.82, 2.24) is 4.98 Å². The normalized spacial score (nSPS) is 13.0. The van der Waals surface area contributed by atoms with Crippen molar-refractivity contribution in [2.75, 3.05) is 0 Å². The monoisotopic (exact) mass is 234 g/mol. The van der Waals surface area contributed by atoms with Crippen LogP contribution in [0, 0.1) is 5.82 Å². The summed E-state index contributed by atoms with van der Waals surface area (Å²) < 4.78 is 13.6. The molecular formula is C7H8BrFN2O. The van der Waals surface area contributed by atoms with Gasteiger partial charge in [0, 0.05) is 16.2 Å². The summed E-state index contributed by atoms with van der Waals surface area (Å²) in [6.07, 6.45) is 2.13. The average Bonchev–Trinajstić information content (AvgIpc) is 2.03. The smallest absolute Gasteiger partial charge is 0.148 e. The fourth-order valence-electron chi connectivity index (χ4n) is 0.878. The molecule has 0 bridgehead atoms. The summed E-state index contributed by atoms with van der Waals surface area (Å²) in [5, 5.41) is 0. The van der Waals surface area contributed by atoms with Gasteiger partial charge in [0.2, 0.25) is 0 Å². The predicted molar refractivity (Wildman–Crippen MR) is 45.6 cm³/mol. The fourth-order valence-corrected chi connectivity index (χ4v) is 1.51. The van der Waals surface area contributed by atoms with Crippen molar-refractivity contribution in [3.05, 3.63) is 28.2 Å². The first-order chi connectivity index (χ1) is 5.66. The number of hydrogen-bond donors (Lipinski definition) is 1. The van der Waals surface area contributed by atoms with E-state index in [2.05, 4.69) is 25.8 Å². The Labute approximate surface area is 77.8 Å². The van der Waals surface area contributed by atoms with Gasteiger partial charge in [0.05, 0.1) is 6.20 Å². The lowest BCUT2D eigenvalue weighted by Gasteiger charge is -2.10. The highest BCUT2D eigenvalue weighted by atomic mass is 79.9. The van der Waals surface area contributed by atoms with E-state index in [0.717, 1.165) is 6.20 Å². The quantitative estimate of drug-likeness (QED) is 0.796. The third-order valence-electron chi connectivity index (χ3n) is 1.50. The van der Waals surface area contributed by atoms with Gasteiger partial charge in [-0.2, -0.15) is 0 Å². The second kappa shape index (κ2) is 3.93. The number of nitrogens with zero attached hydrogens (tertiary/aromatic N) is 1. The molecule has 0 fully saturated rings. The van der Waals surface area contributed by atoms with Crippen LogP contribution in [-0.4, -0.2) is 4.98 Å². The van der Waals surface area contributed by atoms with E-state index < -0.39 is 11.9 Å². The number of rotatable bonds is 2. The Morgan fingerprint density at radius 3 is 2.83 bits per heavy atom. The van der Waals surface area contributed by atoms with Crippen LogP contribution < -0.4 is 5.90 Å². The molecule has 1 unspecified atom stereocenters. The SMILES string of the molecule is CC(ON)c1c(F)cncc1Br. The Balaban J connectivity index is 3.12. The summed E-state index contributed by atoms with van der Waals surface area (Å²) >= 11 is 3.15. The van der Waals surface area contributed by atoms with E-state index in [0.29, 0.717) is 10.0 Å². The maximum Gasteiger partial charge on any atom is 0.148 e. The van der Waals surface area contributed by atoms with Crippen LogP contribution in [0.3, 0.4) is 0 Å². The zero-order valence-electron chi connectivity index (χ0n) is 6.42. The third-order valence-corrected chi connectivity index (χ3v) is 2.13. The van der Waals surface area contributed by atoms with Gasteiger partial charge in [-0.1, -0.05) is 0 Å². The number of hydrogen-bond acceptors (Lipinski definition) is 3. The molecule has 66 valence electrons. The molecule has 0 saturated heterocycles. The van der Waals surface area contributed by atoms with Crippen molar-refractivity contribution < 1.29 is 9.23 Å². The zero-order chi connectivity index (χ0) is 9.14. The Bertz CT molecular complexity index is 262. The van der Waals surface area contributed by atoms with Crippen LogP contribution in [0.4, 0.5) is 4.39 Å². The van der Waals surface area contributed by atoms with E-state index in [1.807, 2.05) is 0 Å². The molecule has 2 N–H and O–H groups in total. The van der Waals surface area contributed by atoms with Gasteiger partial charge >= 0.3 is 0 Å². The van der Waals surface area contributed by atoms with E-state index in [9.17, 15) is 4.39 Å². The highest BCUT2D eigenvalue weighted by molar-refractivity contribution is 9.10. The number of aromatic nitrogens is 1. The van der Waals surface area contributed by atoms with Crippen LogP contribution in [0.15, 0.2) is 16.9 Å². The molecule has 0 radical (unpaired) electrons. The second-order valence-electron chi connectivity index (χ2n) is 2.30. The van der Waals surface area contributed by atoms with Crippen LogP contribution in [0.1, 0.15) is 18.6 Å². The molecule has 0 saturated carbocycles. The maximum absolute atomic E-state index is 13.1. The molecule has 0 aliphatic rings. The van der Waals surface area contributed by atoms with Gasteiger partial charge in [0.1, 0.15) is 11.9 Å². The van der Waals surface area contributed by atoms with E-state index in [1.54, 1.807) is 6.92 Å². The van der Waals surface area contributed by atoms with Gasteiger partial charge in [0.15, 0.2) is 0 Å². The standard InChI is InChI=1S/C7H8BrFN2O/c1-4(12-10)7-5(8)2-11-3-6(7)9/h2-4H,10H2,1H3. The Morgan fingerprint density at radius 1 is 1.67 bits per heavy atom. The van der Waals surface area contributed by atoms with Crippen molar-refractivity contribution in [2.24, 2.45) is 5.90 Å². The Morgan fingerprint density at radius 2 is 2.33 bits per heavy atom. The predicted octanol–water partition coefficient (Wildman–Crippen LogP) is 1.93. The molecule has 1 rings (SSSR count). The second-order valence-corrected chi connectivity index (χ2v) is 3.15.